The summed E-state index contributed by atoms with van der Waals surface area (Å²) in [7, 11) is 1.11. The maximum absolute atomic E-state index is 3.32. The quantitative estimate of drug-likeness (QED) is 0.420. The van der Waals surface area contributed by atoms with Crippen LogP contribution in [0.5, 0.6) is 0 Å². The lowest BCUT2D eigenvalue weighted by atomic mass is 11.0. The van der Waals surface area contributed by atoms with Gasteiger partial charge in [0.1, 0.15) is 0 Å². The van der Waals surface area contributed by atoms with E-state index >= 15 is 0 Å². The van der Waals surface area contributed by atoms with Crippen LogP contribution in [0, 0.1) is 0 Å². The van der Waals surface area contributed by atoms with Gasteiger partial charge in [-0.05, 0) is 12.8 Å². The Morgan fingerprint density at radius 2 is 2.40 bits per heavy atom. The summed E-state index contributed by atoms with van der Waals surface area (Å²) in [6, 6.07) is 0. The number of hydrogen-bond acceptors (Lipinski definition) is 0. The SMILES string of the molecule is CPCCBr. The molecular weight excluding hydrogens is 147 g/mol. The van der Waals surface area contributed by atoms with Gasteiger partial charge in [0.05, 0.1) is 0 Å². The lowest BCUT2D eigenvalue weighted by Gasteiger charge is -1.78. The van der Waals surface area contributed by atoms with E-state index in [1.54, 1.807) is 0 Å². The molecule has 0 aromatic heterocycles. The molecule has 0 aliphatic heterocycles. The van der Waals surface area contributed by atoms with Gasteiger partial charge in [0.15, 0.2) is 0 Å². The monoisotopic (exact) mass is 154 g/mol. The largest absolute Gasteiger partial charge is 0.124 e. The van der Waals surface area contributed by atoms with Gasteiger partial charge in [0.2, 0.25) is 0 Å². The van der Waals surface area contributed by atoms with E-state index in [0.717, 1.165) is 8.58 Å². The predicted molar refractivity (Wildman–Crippen MR) is 32.9 cm³/mol. The van der Waals surface area contributed by atoms with Crippen molar-refractivity contribution in [2.75, 3.05) is 18.2 Å². The van der Waals surface area contributed by atoms with Crippen molar-refractivity contribution >= 4 is 24.5 Å². The molecule has 0 amide bonds. The molecule has 0 spiro atoms. The Labute approximate surface area is 43.3 Å². The first-order valence-corrected chi connectivity index (χ1v) is 4.45. The Morgan fingerprint density at radius 3 is 2.40 bits per heavy atom. The Bertz CT molecular complexity index is 14.4. The molecule has 0 rings (SSSR count). The van der Waals surface area contributed by atoms with Crippen molar-refractivity contribution in [2.45, 2.75) is 0 Å². The summed E-state index contributed by atoms with van der Waals surface area (Å²) in [5.74, 6) is 0. The van der Waals surface area contributed by atoms with Crippen LogP contribution in [0.1, 0.15) is 0 Å². The van der Waals surface area contributed by atoms with Gasteiger partial charge in [-0.25, -0.2) is 0 Å². The molecule has 0 heterocycles. The lowest BCUT2D eigenvalue weighted by Crippen LogP contribution is -1.67. The van der Waals surface area contributed by atoms with Crippen LogP contribution in [0.4, 0.5) is 0 Å². The van der Waals surface area contributed by atoms with Crippen LogP contribution >= 0.6 is 24.5 Å². The van der Waals surface area contributed by atoms with Crippen LogP contribution < -0.4 is 0 Å². The summed E-state index contributed by atoms with van der Waals surface area (Å²) >= 11 is 3.32. The zero-order valence-corrected chi connectivity index (χ0v) is 5.88. The van der Waals surface area contributed by atoms with Crippen molar-refractivity contribution in [3.05, 3.63) is 0 Å². The molecule has 0 bridgehead atoms. The molecule has 1 unspecified atom stereocenters. The third kappa shape index (κ3) is 4.91. The smallest absolute Gasteiger partial charge is 0.00682 e. The van der Waals surface area contributed by atoms with Crippen molar-refractivity contribution in [1.29, 1.82) is 0 Å². The van der Waals surface area contributed by atoms with Gasteiger partial charge in [-0.1, -0.05) is 15.9 Å². The van der Waals surface area contributed by atoms with Gasteiger partial charge in [-0.3, -0.25) is 0 Å². The topological polar surface area (TPSA) is 0 Å². The summed E-state index contributed by atoms with van der Waals surface area (Å²) in [4.78, 5) is 0. The minimum Gasteiger partial charge on any atom is -0.124 e. The molecule has 5 heavy (non-hydrogen) atoms. The summed E-state index contributed by atoms with van der Waals surface area (Å²) < 4.78 is 0. The fourth-order valence-corrected chi connectivity index (χ4v) is 1.47. The Balaban J connectivity index is 2.19. The molecule has 0 saturated carbocycles. The molecule has 0 saturated heterocycles. The summed E-state index contributed by atoms with van der Waals surface area (Å²) in [6.07, 6.45) is 1.33. The minimum absolute atomic E-state index is 1.11. The van der Waals surface area contributed by atoms with Gasteiger partial charge in [-0.15, -0.1) is 8.58 Å². The molecule has 2 heteroatoms. The van der Waals surface area contributed by atoms with Gasteiger partial charge in [0.25, 0.3) is 0 Å². The highest BCUT2D eigenvalue weighted by Crippen LogP contribution is 2.00. The van der Waals surface area contributed by atoms with Gasteiger partial charge >= 0.3 is 0 Å². The average Bonchev–Trinajstić information content (AvgIpc) is 1.41. The number of halogens is 1. The van der Waals surface area contributed by atoms with E-state index in [-0.39, 0.29) is 0 Å². The van der Waals surface area contributed by atoms with E-state index in [2.05, 4.69) is 22.6 Å². The lowest BCUT2D eigenvalue weighted by molar-refractivity contribution is 1.57. The van der Waals surface area contributed by atoms with E-state index in [1.165, 1.54) is 11.5 Å². The van der Waals surface area contributed by atoms with Crippen LogP contribution in [0.3, 0.4) is 0 Å². The highest BCUT2D eigenvalue weighted by molar-refractivity contribution is 9.09. The van der Waals surface area contributed by atoms with E-state index < -0.39 is 0 Å². The molecular formula is C3H8BrP. The van der Waals surface area contributed by atoms with Crippen molar-refractivity contribution in [3.63, 3.8) is 0 Å². The molecule has 0 aromatic carbocycles. The minimum atomic E-state index is 1.11. The molecule has 1 atom stereocenters. The average molecular weight is 155 g/mol. The maximum Gasteiger partial charge on any atom is 0.00682 e. The first-order valence-electron chi connectivity index (χ1n) is 1.62. The van der Waals surface area contributed by atoms with Crippen LogP contribution in [0.25, 0.3) is 0 Å². The number of alkyl halides is 1. The van der Waals surface area contributed by atoms with Gasteiger partial charge < -0.3 is 0 Å². The fraction of sp³-hybridized carbons (Fsp3) is 1.00. The third-order valence-electron chi connectivity index (χ3n) is 0.344. The van der Waals surface area contributed by atoms with E-state index in [9.17, 15) is 0 Å². The van der Waals surface area contributed by atoms with Gasteiger partial charge in [0, 0.05) is 5.33 Å². The van der Waals surface area contributed by atoms with Crippen LogP contribution in [-0.4, -0.2) is 18.2 Å². The molecule has 32 valence electrons. The maximum atomic E-state index is 3.32. The molecule has 0 nitrogen and oxygen atoms in total. The Morgan fingerprint density at radius 1 is 1.80 bits per heavy atom. The van der Waals surface area contributed by atoms with Crippen molar-refractivity contribution in [1.82, 2.24) is 0 Å². The van der Waals surface area contributed by atoms with Crippen LogP contribution in [-0.2, 0) is 0 Å². The van der Waals surface area contributed by atoms with E-state index in [1.807, 2.05) is 0 Å². The normalized spacial score (nSPS) is 10.8. The van der Waals surface area contributed by atoms with Gasteiger partial charge in [-0.2, -0.15) is 0 Å². The van der Waals surface area contributed by atoms with Crippen molar-refractivity contribution in [2.24, 2.45) is 0 Å². The molecule has 0 fully saturated rings. The zero-order valence-electron chi connectivity index (χ0n) is 3.29. The molecule has 0 N–H and O–H groups in total. The Kier molecular flexibility index (Phi) is 5.80. The predicted octanol–water partition coefficient (Wildman–Crippen LogP) is 1.69. The van der Waals surface area contributed by atoms with E-state index in [4.69, 9.17) is 0 Å². The molecule has 0 aromatic rings. The van der Waals surface area contributed by atoms with Crippen LogP contribution in [0.15, 0.2) is 0 Å². The second-order valence-corrected chi connectivity index (χ2v) is 2.79. The first-order chi connectivity index (χ1) is 2.41. The second kappa shape index (κ2) is 4.91. The highest BCUT2D eigenvalue weighted by atomic mass is 79.9. The third-order valence-corrected chi connectivity index (χ3v) is 2.22. The summed E-state index contributed by atoms with van der Waals surface area (Å²) in [5, 5.41) is 1.17. The summed E-state index contributed by atoms with van der Waals surface area (Å²) in [6.45, 7) is 2.21. The molecule has 0 aliphatic carbocycles. The van der Waals surface area contributed by atoms with Crippen molar-refractivity contribution < 1.29 is 0 Å². The summed E-state index contributed by atoms with van der Waals surface area (Å²) in [5.41, 5.74) is 0. The van der Waals surface area contributed by atoms with E-state index in [0.29, 0.717) is 0 Å². The van der Waals surface area contributed by atoms with Crippen molar-refractivity contribution in [3.8, 4) is 0 Å². The first kappa shape index (κ1) is 5.91. The Hall–Kier alpha value is 0.910. The standard InChI is InChI=1S/C3H8BrP/c1-5-3-2-4/h5H,2-3H2,1H3. The number of hydrogen-bond donors (Lipinski definition) is 0. The zero-order chi connectivity index (χ0) is 4.12. The molecule has 0 radical (unpaired) electrons. The molecule has 0 aliphatic rings. The second-order valence-electron chi connectivity index (χ2n) is 0.793. The fourth-order valence-electron chi connectivity index (χ4n) is 0.0945. The van der Waals surface area contributed by atoms with Crippen LogP contribution in [0.2, 0.25) is 0 Å². The number of rotatable bonds is 2. The highest BCUT2D eigenvalue weighted by Gasteiger charge is 1.69.